The van der Waals surface area contributed by atoms with Crippen LogP contribution >= 0.6 is 0 Å². The second-order valence-corrected chi connectivity index (χ2v) is 5.69. The Morgan fingerprint density at radius 1 is 1.19 bits per heavy atom. The zero-order valence-corrected chi connectivity index (χ0v) is 14.7. The first-order valence-corrected chi connectivity index (χ1v) is 8.33. The number of carbonyl (C=O) groups excluding carboxylic acids is 1. The quantitative estimate of drug-likeness (QED) is 0.737. The molecule has 0 bridgehead atoms. The second kappa shape index (κ2) is 7.69. The summed E-state index contributed by atoms with van der Waals surface area (Å²) in [6.45, 7) is 4.35. The van der Waals surface area contributed by atoms with Crippen LogP contribution in [0, 0.1) is 6.92 Å². The number of pyridine rings is 1. The van der Waals surface area contributed by atoms with E-state index in [4.69, 9.17) is 4.74 Å². The highest BCUT2D eigenvalue weighted by Crippen LogP contribution is 2.23. The summed E-state index contributed by atoms with van der Waals surface area (Å²) in [6.07, 6.45) is 1.20. The molecule has 2 aromatic heterocycles. The predicted octanol–water partition coefficient (Wildman–Crippen LogP) is 3.18. The summed E-state index contributed by atoms with van der Waals surface area (Å²) >= 11 is 0. The van der Waals surface area contributed by atoms with E-state index < -0.39 is 6.09 Å². The van der Waals surface area contributed by atoms with Crippen LogP contribution in [-0.4, -0.2) is 22.1 Å². The fourth-order valence-electron chi connectivity index (χ4n) is 2.62. The summed E-state index contributed by atoms with van der Waals surface area (Å²) in [7, 11) is 0. The van der Waals surface area contributed by atoms with E-state index in [-0.39, 0.29) is 5.56 Å². The summed E-state index contributed by atoms with van der Waals surface area (Å²) in [5.74, 6) is 0. The van der Waals surface area contributed by atoms with E-state index in [9.17, 15) is 9.59 Å². The van der Waals surface area contributed by atoms with E-state index in [0.29, 0.717) is 30.2 Å². The van der Waals surface area contributed by atoms with Crippen molar-refractivity contribution in [3.63, 3.8) is 0 Å². The predicted molar refractivity (Wildman–Crippen MR) is 101 cm³/mol. The molecule has 0 aliphatic carbocycles. The van der Waals surface area contributed by atoms with Crippen LogP contribution in [-0.2, 0) is 11.3 Å². The van der Waals surface area contributed by atoms with Crippen molar-refractivity contribution >= 4 is 23.1 Å². The molecule has 7 heteroatoms. The minimum absolute atomic E-state index is 0.123. The van der Waals surface area contributed by atoms with Crippen molar-refractivity contribution in [1.29, 1.82) is 0 Å². The van der Waals surface area contributed by atoms with Gasteiger partial charge in [0.2, 0.25) is 0 Å². The van der Waals surface area contributed by atoms with Crippen LogP contribution in [0.2, 0.25) is 0 Å². The lowest BCUT2D eigenvalue weighted by Gasteiger charge is -2.14. The first-order chi connectivity index (χ1) is 12.6. The third kappa shape index (κ3) is 3.83. The van der Waals surface area contributed by atoms with Crippen molar-refractivity contribution in [2.75, 3.05) is 17.2 Å². The normalized spacial score (nSPS) is 10.5. The molecule has 134 valence electrons. The number of rotatable bonds is 5. The standard InChI is InChI=1S/C19H20N4O3/c1-3-26-19(25)22-16-8-6-7-15(13(16)2)20-12-14-11-18(24)23-10-5-4-9-17(23)21-14/h4-11,20H,3,12H2,1-2H3,(H,22,25). The van der Waals surface area contributed by atoms with Crippen LogP contribution in [0.4, 0.5) is 16.2 Å². The molecule has 0 radical (unpaired) electrons. The Morgan fingerprint density at radius 3 is 2.81 bits per heavy atom. The molecule has 3 aromatic rings. The van der Waals surface area contributed by atoms with Gasteiger partial charge in [-0.3, -0.25) is 14.5 Å². The summed E-state index contributed by atoms with van der Waals surface area (Å²) < 4.78 is 6.41. The first-order valence-electron chi connectivity index (χ1n) is 8.33. The number of anilines is 2. The minimum atomic E-state index is -0.489. The summed E-state index contributed by atoms with van der Waals surface area (Å²) in [4.78, 5) is 28.3. The van der Waals surface area contributed by atoms with Gasteiger partial charge in [-0.05, 0) is 43.7 Å². The van der Waals surface area contributed by atoms with Crippen molar-refractivity contribution in [1.82, 2.24) is 9.38 Å². The molecule has 0 spiro atoms. The molecule has 26 heavy (non-hydrogen) atoms. The molecule has 1 amide bonds. The SMILES string of the molecule is CCOC(=O)Nc1cccc(NCc2cc(=O)n3ccccc3n2)c1C. The second-order valence-electron chi connectivity index (χ2n) is 5.69. The Bertz CT molecular complexity index is 997. The topological polar surface area (TPSA) is 84.7 Å². The largest absolute Gasteiger partial charge is 0.450 e. The third-order valence-electron chi connectivity index (χ3n) is 3.93. The number of benzene rings is 1. The fourth-order valence-corrected chi connectivity index (χ4v) is 2.62. The molecular weight excluding hydrogens is 332 g/mol. The van der Waals surface area contributed by atoms with Gasteiger partial charge in [-0.25, -0.2) is 9.78 Å². The lowest BCUT2D eigenvalue weighted by atomic mass is 10.1. The van der Waals surface area contributed by atoms with Gasteiger partial charge in [-0.2, -0.15) is 0 Å². The van der Waals surface area contributed by atoms with Crippen LogP contribution in [0.25, 0.3) is 5.65 Å². The van der Waals surface area contributed by atoms with E-state index in [1.165, 1.54) is 10.5 Å². The Hall–Kier alpha value is -3.35. The average molecular weight is 352 g/mol. The third-order valence-corrected chi connectivity index (χ3v) is 3.93. The van der Waals surface area contributed by atoms with Gasteiger partial charge in [-0.1, -0.05) is 12.1 Å². The number of carbonyl (C=O) groups is 1. The van der Waals surface area contributed by atoms with E-state index in [1.807, 2.05) is 25.1 Å². The maximum Gasteiger partial charge on any atom is 0.411 e. The number of fused-ring (bicyclic) bond motifs is 1. The molecule has 7 nitrogen and oxygen atoms in total. The Balaban J connectivity index is 1.78. The van der Waals surface area contributed by atoms with E-state index >= 15 is 0 Å². The summed E-state index contributed by atoms with van der Waals surface area (Å²) in [5.41, 5.74) is 3.50. The first kappa shape index (κ1) is 17.5. The maximum absolute atomic E-state index is 12.1. The minimum Gasteiger partial charge on any atom is -0.450 e. The molecule has 2 N–H and O–H groups in total. The van der Waals surface area contributed by atoms with Gasteiger partial charge in [0.15, 0.2) is 0 Å². The van der Waals surface area contributed by atoms with Gasteiger partial charge in [0.05, 0.1) is 18.8 Å². The van der Waals surface area contributed by atoms with E-state index in [2.05, 4.69) is 15.6 Å². The molecular formula is C19H20N4O3. The molecule has 0 unspecified atom stereocenters. The summed E-state index contributed by atoms with van der Waals surface area (Å²) in [5, 5.41) is 5.98. The van der Waals surface area contributed by atoms with Crippen LogP contribution < -0.4 is 16.2 Å². The molecule has 0 aliphatic heterocycles. The van der Waals surface area contributed by atoms with Gasteiger partial charge in [-0.15, -0.1) is 0 Å². The smallest absolute Gasteiger partial charge is 0.411 e. The van der Waals surface area contributed by atoms with Gasteiger partial charge < -0.3 is 10.1 Å². The molecule has 0 saturated heterocycles. The van der Waals surface area contributed by atoms with Crippen LogP contribution in [0.15, 0.2) is 53.5 Å². The zero-order valence-electron chi connectivity index (χ0n) is 14.7. The zero-order chi connectivity index (χ0) is 18.5. The molecule has 0 atom stereocenters. The Kier molecular flexibility index (Phi) is 5.17. The number of aromatic nitrogens is 2. The van der Waals surface area contributed by atoms with Gasteiger partial charge in [0.25, 0.3) is 5.56 Å². The number of amides is 1. The van der Waals surface area contributed by atoms with E-state index in [1.54, 1.807) is 31.3 Å². The lowest BCUT2D eigenvalue weighted by Crippen LogP contribution is -2.17. The Labute approximate surface area is 150 Å². The Morgan fingerprint density at radius 2 is 2.00 bits per heavy atom. The van der Waals surface area contributed by atoms with E-state index in [0.717, 1.165) is 11.3 Å². The van der Waals surface area contributed by atoms with Crippen molar-refractivity contribution in [3.8, 4) is 0 Å². The van der Waals surface area contributed by atoms with Crippen LogP contribution in [0.5, 0.6) is 0 Å². The van der Waals surface area contributed by atoms with Crippen LogP contribution in [0.3, 0.4) is 0 Å². The van der Waals surface area contributed by atoms with Crippen molar-refractivity contribution in [2.24, 2.45) is 0 Å². The highest BCUT2D eigenvalue weighted by atomic mass is 16.5. The fraction of sp³-hybridized carbons (Fsp3) is 0.211. The van der Waals surface area contributed by atoms with Crippen LogP contribution in [0.1, 0.15) is 18.2 Å². The molecule has 0 aliphatic rings. The van der Waals surface area contributed by atoms with Gasteiger partial charge in [0, 0.05) is 23.6 Å². The maximum atomic E-state index is 12.1. The number of nitrogens with one attached hydrogen (secondary N) is 2. The van der Waals surface area contributed by atoms with Crippen molar-refractivity contribution in [2.45, 2.75) is 20.4 Å². The molecule has 2 heterocycles. The average Bonchev–Trinajstić information content (AvgIpc) is 2.63. The number of hydrogen-bond donors (Lipinski definition) is 2. The molecule has 3 rings (SSSR count). The molecule has 0 saturated carbocycles. The monoisotopic (exact) mass is 352 g/mol. The molecule has 1 aromatic carbocycles. The summed E-state index contributed by atoms with van der Waals surface area (Å²) in [6, 6.07) is 12.5. The van der Waals surface area contributed by atoms with Gasteiger partial charge >= 0.3 is 6.09 Å². The molecule has 0 fully saturated rings. The highest BCUT2D eigenvalue weighted by molar-refractivity contribution is 5.87. The van der Waals surface area contributed by atoms with Gasteiger partial charge in [0.1, 0.15) is 5.65 Å². The van der Waals surface area contributed by atoms with Crippen molar-refractivity contribution < 1.29 is 9.53 Å². The highest BCUT2D eigenvalue weighted by Gasteiger charge is 2.09. The number of nitrogens with zero attached hydrogens (tertiary/aromatic N) is 2. The lowest BCUT2D eigenvalue weighted by molar-refractivity contribution is 0.168. The number of ether oxygens (including phenoxy) is 1. The van der Waals surface area contributed by atoms with Crippen molar-refractivity contribution in [3.05, 3.63) is 70.3 Å². The number of hydrogen-bond acceptors (Lipinski definition) is 5.